The summed E-state index contributed by atoms with van der Waals surface area (Å²) in [6.07, 6.45) is 0.162. The number of aliphatic carboxylic acids is 1. The van der Waals surface area contributed by atoms with Crippen LogP contribution >= 0.6 is 0 Å². The van der Waals surface area contributed by atoms with Gasteiger partial charge in [0.1, 0.15) is 0 Å². The molecule has 17 heavy (non-hydrogen) atoms. The van der Waals surface area contributed by atoms with Gasteiger partial charge < -0.3 is 9.84 Å². The van der Waals surface area contributed by atoms with Crippen molar-refractivity contribution in [2.24, 2.45) is 5.92 Å². The third kappa shape index (κ3) is 7.70. The molecule has 0 heterocycles. The van der Waals surface area contributed by atoms with Crippen molar-refractivity contribution in [1.82, 2.24) is 4.72 Å². The molecule has 0 aromatic heterocycles. The Labute approximate surface area is 100 Å². The summed E-state index contributed by atoms with van der Waals surface area (Å²) < 4.78 is 29.3. The first-order valence-electron chi connectivity index (χ1n) is 5.05. The van der Waals surface area contributed by atoms with Crippen LogP contribution in [0, 0.1) is 5.92 Å². The molecule has 0 fully saturated rings. The van der Waals surface area contributed by atoms with Crippen molar-refractivity contribution in [2.45, 2.75) is 19.8 Å². The van der Waals surface area contributed by atoms with E-state index in [0.29, 0.717) is 0 Å². The summed E-state index contributed by atoms with van der Waals surface area (Å²) in [5.41, 5.74) is 0. The Morgan fingerprint density at radius 2 is 2.00 bits per heavy atom. The fraction of sp³-hybridized carbons (Fsp3) is 0.778. The van der Waals surface area contributed by atoms with E-state index in [1.54, 1.807) is 0 Å². The Morgan fingerprint density at radius 3 is 2.47 bits per heavy atom. The van der Waals surface area contributed by atoms with Gasteiger partial charge in [-0.2, -0.15) is 0 Å². The molecule has 0 aliphatic heterocycles. The van der Waals surface area contributed by atoms with Gasteiger partial charge in [-0.25, -0.2) is 13.1 Å². The van der Waals surface area contributed by atoms with Crippen LogP contribution in [0.1, 0.15) is 19.8 Å². The summed E-state index contributed by atoms with van der Waals surface area (Å²) in [6.45, 7) is 1.25. The predicted octanol–water partition coefficient (Wildman–Crippen LogP) is -0.420. The maximum Gasteiger partial charge on any atom is 0.307 e. The first kappa shape index (κ1) is 15.9. The zero-order valence-corrected chi connectivity index (χ0v) is 10.6. The predicted molar refractivity (Wildman–Crippen MR) is 59.8 cm³/mol. The zero-order valence-electron chi connectivity index (χ0n) is 9.80. The monoisotopic (exact) mass is 267 g/mol. The SMILES string of the molecule is COC(=O)CCCS(=O)(=O)NCC(C)C(=O)O. The highest BCUT2D eigenvalue weighted by Gasteiger charge is 2.16. The summed E-state index contributed by atoms with van der Waals surface area (Å²) in [7, 11) is -2.31. The second kappa shape index (κ2) is 7.23. The molecule has 2 N–H and O–H groups in total. The van der Waals surface area contributed by atoms with Crippen molar-refractivity contribution >= 4 is 22.0 Å². The second-order valence-electron chi connectivity index (χ2n) is 3.59. The van der Waals surface area contributed by atoms with Crippen molar-refractivity contribution < 1.29 is 27.9 Å². The summed E-state index contributed by atoms with van der Waals surface area (Å²) in [5.74, 6) is -2.55. The standard InChI is InChI=1S/C9H17NO6S/c1-7(9(12)13)6-10-17(14,15)5-3-4-8(11)16-2/h7,10H,3-6H2,1-2H3,(H,12,13). The van der Waals surface area contributed by atoms with Crippen molar-refractivity contribution in [3.63, 3.8) is 0 Å². The molecule has 0 amide bonds. The maximum atomic E-state index is 11.4. The highest BCUT2D eigenvalue weighted by molar-refractivity contribution is 7.89. The number of esters is 1. The molecule has 0 aromatic carbocycles. The fourth-order valence-electron chi connectivity index (χ4n) is 0.920. The topological polar surface area (TPSA) is 110 Å². The van der Waals surface area contributed by atoms with Crippen molar-refractivity contribution in [2.75, 3.05) is 19.4 Å². The Bertz CT molecular complexity index is 364. The Kier molecular flexibility index (Phi) is 6.74. The Hall–Kier alpha value is -1.15. The number of methoxy groups -OCH3 is 1. The van der Waals surface area contributed by atoms with Crippen molar-refractivity contribution in [1.29, 1.82) is 0 Å². The summed E-state index contributed by atoms with van der Waals surface area (Å²) in [5, 5.41) is 8.56. The lowest BCUT2D eigenvalue weighted by atomic mass is 10.2. The quantitative estimate of drug-likeness (QED) is 0.578. The molecule has 8 heteroatoms. The molecular weight excluding hydrogens is 250 g/mol. The fourth-order valence-corrected chi connectivity index (χ4v) is 2.09. The van der Waals surface area contributed by atoms with Crippen LogP contribution in [0.15, 0.2) is 0 Å². The van der Waals surface area contributed by atoms with Crippen LogP contribution in [-0.2, 0) is 24.3 Å². The molecule has 0 aliphatic rings. The minimum atomic E-state index is -3.54. The number of sulfonamides is 1. The molecule has 0 rings (SSSR count). The van der Waals surface area contributed by atoms with Crippen LogP contribution in [0.2, 0.25) is 0 Å². The van der Waals surface area contributed by atoms with Gasteiger partial charge in [-0.3, -0.25) is 9.59 Å². The van der Waals surface area contributed by atoms with E-state index in [-0.39, 0.29) is 25.1 Å². The smallest absolute Gasteiger partial charge is 0.307 e. The third-order valence-corrected chi connectivity index (χ3v) is 3.49. The summed E-state index contributed by atoms with van der Waals surface area (Å²) >= 11 is 0. The minimum Gasteiger partial charge on any atom is -0.481 e. The first-order chi connectivity index (χ1) is 7.78. The van der Waals surface area contributed by atoms with Gasteiger partial charge in [-0.05, 0) is 6.42 Å². The van der Waals surface area contributed by atoms with Gasteiger partial charge >= 0.3 is 11.9 Å². The van der Waals surface area contributed by atoms with Crippen LogP contribution in [0.3, 0.4) is 0 Å². The van der Waals surface area contributed by atoms with E-state index in [4.69, 9.17) is 5.11 Å². The lowest BCUT2D eigenvalue weighted by molar-refractivity contribution is -0.141. The molecule has 7 nitrogen and oxygen atoms in total. The maximum absolute atomic E-state index is 11.4. The van der Waals surface area contributed by atoms with E-state index in [2.05, 4.69) is 9.46 Å². The number of hydrogen-bond donors (Lipinski definition) is 2. The van der Waals surface area contributed by atoms with E-state index in [9.17, 15) is 18.0 Å². The molecule has 1 atom stereocenters. The molecular formula is C9H17NO6S. The van der Waals surface area contributed by atoms with Crippen LogP contribution in [0.25, 0.3) is 0 Å². The molecule has 0 saturated heterocycles. The number of ether oxygens (including phenoxy) is 1. The number of nitrogens with one attached hydrogen (secondary N) is 1. The van der Waals surface area contributed by atoms with Crippen molar-refractivity contribution in [3.8, 4) is 0 Å². The molecule has 0 saturated carbocycles. The lowest BCUT2D eigenvalue weighted by Gasteiger charge is -2.08. The van der Waals surface area contributed by atoms with Gasteiger partial charge in [0.25, 0.3) is 0 Å². The molecule has 0 aromatic rings. The number of rotatable bonds is 8. The number of carbonyl (C=O) groups is 2. The van der Waals surface area contributed by atoms with E-state index in [0.717, 1.165) is 0 Å². The number of carboxylic acid groups (broad SMARTS) is 1. The van der Waals surface area contributed by atoms with Crippen molar-refractivity contribution in [3.05, 3.63) is 0 Å². The van der Waals surface area contributed by atoms with Crippen LogP contribution in [0.4, 0.5) is 0 Å². The summed E-state index contributed by atoms with van der Waals surface area (Å²) in [4.78, 5) is 21.2. The van der Waals surface area contributed by atoms with Crippen LogP contribution in [0.5, 0.6) is 0 Å². The summed E-state index contributed by atoms with van der Waals surface area (Å²) in [6, 6.07) is 0. The molecule has 0 aliphatic carbocycles. The number of hydrogen-bond acceptors (Lipinski definition) is 5. The van der Waals surface area contributed by atoms with Gasteiger partial charge in [-0.1, -0.05) is 6.92 Å². The van der Waals surface area contributed by atoms with E-state index in [1.807, 2.05) is 0 Å². The average Bonchev–Trinajstić information content (AvgIpc) is 2.25. The van der Waals surface area contributed by atoms with Gasteiger partial charge in [0.05, 0.1) is 18.8 Å². The minimum absolute atomic E-state index is 0.0197. The third-order valence-electron chi connectivity index (χ3n) is 2.05. The highest BCUT2D eigenvalue weighted by atomic mass is 32.2. The van der Waals surface area contributed by atoms with Gasteiger partial charge in [0.15, 0.2) is 0 Å². The largest absolute Gasteiger partial charge is 0.481 e. The molecule has 0 radical (unpaired) electrons. The van der Waals surface area contributed by atoms with E-state index < -0.39 is 27.9 Å². The Balaban J connectivity index is 3.97. The zero-order chi connectivity index (χ0) is 13.5. The first-order valence-corrected chi connectivity index (χ1v) is 6.70. The number of carboxylic acids is 1. The molecule has 1 unspecified atom stereocenters. The van der Waals surface area contributed by atoms with Crippen LogP contribution < -0.4 is 4.72 Å². The van der Waals surface area contributed by atoms with E-state index >= 15 is 0 Å². The van der Waals surface area contributed by atoms with Gasteiger partial charge in [0, 0.05) is 13.0 Å². The normalized spacial score (nSPS) is 13.1. The average molecular weight is 267 g/mol. The Morgan fingerprint density at radius 1 is 1.41 bits per heavy atom. The molecule has 0 spiro atoms. The molecule has 0 bridgehead atoms. The highest BCUT2D eigenvalue weighted by Crippen LogP contribution is 1.98. The lowest BCUT2D eigenvalue weighted by Crippen LogP contribution is -2.33. The number of carbonyl (C=O) groups excluding carboxylic acids is 1. The van der Waals surface area contributed by atoms with E-state index in [1.165, 1.54) is 14.0 Å². The van der Waals surface area contributed by atoms with Crippen LogP contribution in [-0.4, -0.2) is 44.9 Å². The van der Waals surface area contributed by atoms with Gasteiger partial charge in [-0.15, -0.1) is 0 Å². The second-order valence-corrected chi connectivity index (χ2v) is 5.51. The molecule has 100 valence electrons. The van der Waals surface area contributed by atoms with Gasteiger partial charge in [0.2, 0.25) is 10.0 Å².